The molecule has 0 saturated heterocycles. The number of rotatable bonds is 5. The maximum atomic E-state index is 12.8. The molecule has 0 aliphatic heterocycles. The molecule has 2 aromatic rings. The van der Waals surface area contributed by atoms with Crippen LogP contribution in [0.25, 0.3) is 0 Å². The van der Waals surface area contributed by atoms with E-state index in [1.165, 1.54) is 0 Å². The summed E-state index contributed by atoms with van der Waals surface area (Å²) in [7, 11) is 1.93. The quantitative estimate of drug-likeness (QED) is 0.919. The number of aryl methyl sites for hydroxylation is 2. The first-order valence-electron chi connectivity index (χ1n) is 8.19. The van der Waals surface area contributed by atoms with Gasteiger partial charge >= 0.3 is 6.03 Å². The highest BCUT2D eigenvalue weighted by molar-refractivity contribution is 5.90. The van der Waals surface area contributed by atoms with Crippen molar-refractivity contribution in [2.75, 3.05) is 5.32 Å². The molecular weight excluding hydrogens is 302 g/mol. The first-order chi connectivity index (χ1) is 11.6. The van der Waals surface area contributed by atoms with Crippen LogP contribution in [0.5, 0.6) is 0 Å². The van der Waals surface area contributed by atoms with E-state index in [4.69, 9.17) is 5.26 Å². The number of carbonyl (C=O) groups excluding carboxylic acids is 1. The molecule has 1 aromatic carbocycles. The van der Waals surface area contributed by atoms with E-state index in [1.807, 2.05) is 35.7 Å². The molecule has 1 aliphatic rings. The number of benzene rings is 1. The summed E-state index contributed by atoms with van der Waals surface area (Å²) < 4.78 is 1.93. The van der Waals surface area contributed by atoms with Crippen LogP contribution >= 0.6 is 0 Å². The Morgan fingerprint density at radius 2 is 2.29 bits per heavy atom. The van der Waals surface area contributed by atoms with E-state index in [0.29, 0.717) is 12.1 Å². The average Bonchev–Trinajstić information content (AvgIpc) is 3.35. The fourth-order valence-corrected chi connectivity index (χ4v) is 2.72. The van der Waals surface area contributed by atoms with Crippen molar-refractivity contribution in [2.24, 2.45) is 7.05 Å². The number of hydrogen-bond acceptors (Lipinski definition) is 3. The first kappa shape index (κ1) is 16.1. The molecule has 6 heteroatoms. The van der Waals surface area contributed by atoms with E-state index >= 15 is 0 Å². The molecule has 1 aromatic heterocycles. The minimum atomic E-state index is -0.111. The summed E-state index contributed by atoms with van der Waals surface area (Å²) in [4.78, 5) is 18.9. The summed E-state index contributed by atoms with van der Waals surface area (Å²) in [6, 6.07) is 7.67. The number of amides is 2. The Balaban J connectivity index is 1.77. The smallest absolute Gasteiger partial charge is 0.322 e. The lowest BCUT2D eigenvalue weighted by Gasteiger charge is -2.23. The molecule has 1 fully saturated rings. The van der Waals surface area contributed by atoms with Gasteiger partial charge in [0.15, 0.2) is 0 Å². The van der Waals surface area contributed by atoms with E-state index in [2.05, 4.69) is 16.4 Å². The lowest BCUT2D eigenvalue weighted by Crippen LogP contribution is -2.37. The summed E-state index contributed by atoms with van der Waals surface area (Å²) in [5.41, 5.74) is 2.35. The minimum absolute atomic E-state index is 0.111. The number of carbonyl (C=O) groups is 1. The maximum absolute atomic E-state index is 12.8. The third kappa shape index (κ3) is 3.40. The predicted molar refractivity (Wildman–Crippen MR) is 91.3 cm³/mol. The van der Waals surface area contributed by atoms with Crippen molar-refractivity contribution < 1.29 is 4.79 Å². The van der Waals surface area contributed by atoms with Crippen molar-refractivity contribution in [1.29, 1.82) is 5.26 Å². The van der Waals surface area contributed by atoms with Gasteiger partial charge in [0.2, 0.25) is 0 Å². The molecular formula is C18H21N5O. The number of nitriles is 1. The number of nitrogens with zero attached hydrogens (tertiary/aromatic N) is 4. The maximum Gasteiger partial charge on any atom is 0.322 e. The summed E-state index contributed by atoms with van der Waals surface area (Å²) in [6.45, 7) is 2.51. The normalized spacial score (nSPS) is 13.4. The van der Waals surface area contributed by atoms with Gasteiger partial charge < -0.3 is 14.8 Å². The van der Waals surface area contributed by atoms with Gasteiger partial charge in [-0.1, -0.05) is 6.92 Å². The van der Waals surface area contributed by atoms with Crippen LogP contribution in [0.1, 0.15) is 36.7 Å². The van der Waals surface area contributed by atoms with Crippen LogP contribution in [-0.4, -0.2) is 26.5 Å². The third-order valence-electron chi connectivity index (χ3n) is 4.34. The number of anilines is 1. The topological polar surface area (TPSA) is 74.0 Å². The molecule has 24 heavy (non-hydrogen) atoms. The largest absolute Gasteiger partial charge is 0.337 e. The highest BCUT2D eigenvalue weighted by atomic mass is 16.2. The molecule has 0 atom stereocenters. The molecule has 0 spiro atoms. The highest BCUT2D eigenvalue weighted by Gasteiger charge is 2.33. The Bertz CT molecular complexity index is 785. The Labute approximate surface area is 141 Å². The molecule has 1 N–H and O–H groups in total. The first-order valence-corrected chi connectivity index (χ1v) is 8.19. The number of imidazole rings is 1. The monoisotopic (exact) mass is 323 g/mol. The zero-order chi connectivity index (χ0) is 17.1. The van der Waals surface area contributed by atoms with Crippen molar-refractivity contribution in [1.82, 2.24) is 14.5 Å². The fourth-order valence-electron chi connectivity index (χ4n) is 2.72. The van der Waals surface area contributed by atoms with Gasteiger partial charge in [0, 0.05) is 31.2 Å². The second-order valence-corrected chi connectivity index (χ2v) is 6.08. The van der Waals surface area contributed by atoms with Gasteiger partial charge in [0.05, 0.1) is 18.2 Å². The van der Waals surface area contributed by atoms with E-state index < -0.39 is 0 Å². The summed E-state index contributed by atoms with van der Waals surface area (Å²) in [5, 5.41) is 12.0. The molecule has 1 saturated carbocycles. The number of aromatic nitrogens is 2. The van der Waals surface area contributed by atoms with Crippen molar-refractivity contribution in [3.8, 4) is 6.07 Å². The molecule has 3 rings (SSSR count). The average molecular weight is 323 g/mol. The van der Waals surface area contributed by atoms with Gasteiger partial charge in [0.1, 0.15) is 5.82 Å². The fraction of sp³-hybridized carbons (Fsp3) is 0.389. The minimum Gasteiger partial charge on any atom is -0.337 e. The van der Waals surface area contributed by atoms with Gasteiger partial charge in [-0.2, -0.15) is 5.26 Å². The predicted octanol–water partition coefficient (Wildman–Crippen LogP) is 3.05. The molecule has 1 heterocycles. The van der Waals surface area contributed by atoms with Crippen LogP contribution in [0.15, 0.2) is 30.6 Å². The second-order valence-electron chi connectivity index (χ2n) is 6.08. The van der Waals surface area contributed by atoms with Crippen LogP contribution in [-0.2, 0) is 20.0 Å². The Hall–Kier alpha value is -2.81. The lowest BCUT2D eigenvalue weighted by atomic mass is 10.1. The van der Waals surface area contributed by atoms with Crippen LogP contribution in [0.4, 0.5) is 10.5 Å². The van der Waals surface area contributed by atoms with Crippen LogP contribution < -0.4 is 5.32 Å². The number of hydrogen-bond donors (Lipinski definition) is 1. The third-order valence-corrected chi connectivity index (χ3v) is 4.34. The molecule has 0 bridgehead atoms. The summed E-state index contributed by atoms with van der Waals surface area (Å²) >= 11 is 0. The highest BCUT2D eigenvalue weighted by Crippen LogP contribution is 2.29. The van der Waals surface area contributed by atoms with E-state index in [0.717, 1.165) is 36.3 Å². The lowest BCUT2D eigenvalue weighted by molar-refractivity contribution is 0.204. The van der Waals surface area contributed by atoms with Gasteiger partial charge in [-0.25, -0.2) is 9.78 Å². The zero-order valence-electron chi connectivity index (χ0n) is 14.0. The number of nitrogens with one attached hydrogen (secondary N) is 1. The van der Waals surface area contributed by atoms with Crippen molar-refractivity contribution in [3.63, 3.8) is 0 Å². The summed E-state index contributed by atoms with van der Waals surface area (Å²) in [6.07, 6.45) is 6.45. The van der Waals surface area contributed by atoms with Gasteiger partial charge in [-0.15, -0.1) is 0 Å². The second kappa shape index (κ2) is 6.75. The van der Waals surface area contributed by atoms with E-state index in [1.54, 1.807) is 18.3 Å². The van der Waals surface area contributed by atoms with Gasteiger partial charge in [-0.3, -0.25) is 0 Å². The summed E-state index contributed by atoms with van der Waals surface area (Å²) in [5.74, 6) is 0.868. The zero-order valence-corrected chi connectivity index (χ0v) is 14.0. The van der Waals surface area contributed by atoms with Crippen LogP contribution in [0, 0.1) is 11.3 Å². The van der Waals surface area contributed by atoms with Crippen molar-refractivity contribution in [2.45, 2.75) is 38.8 Å². The molecule has 6 nitrogen and oxygen atoms in total. The van der Waals surface area contributed by atoms with Crippen molar-refractivity contribution >= 4 is 11.7 Å². The van der Waals surface area contributed by atoms with Crippen LogP contribution in [0.3, 0.4) is 0 Å². The standard InChI is InChI=1S/C18H21N5O/c1-3-14-10-13(11-19)4-7-16(14)21-18(24)23(15-5-6-15)12-17-20-8-9-22(17)2/h4,7-10,15H,3,5-6,12H2,1-2H3,(H,21,24). The number of urea groups is 1. The van der Waals surface area contributed by atoms with E-state index in [9.17, 15) is 4.79 Å². The molecule has 0 unspecified atom stereocenters. The SMILES string of the molecule is CCc1cc(C#N)ccc1NC(=O)N(Cc1nccn1C)C1CC1. The van der Waals surface area contributed by atoms with Gasteiger partial charge in [-0.05, 0) is 43.0 Å². The molecule has 2 amide bonds. The van der Waals surface area contributed by atoms with Crippen LogP contribution in [0.2, 0.25) is 0 Å². The molecule has 124 valence electrons. The Morgan fingerprint density at radius 1 is 1.50 bits per heavy atom. The Morgan fingerprint density at radius 3 is 2.88 bits per heavy atom. The van der Waals surface area contributed by atoms with E-state index in [-0.39, 0.29) is 12.1 Å². The molecule has 0 radical (unpaired) electrons. The van der Waals surface area contributed by atoms with Crippen molar-refractivity contribution in [3.05, 3.63) is 47.5 Å². The molecule has 1 aliphatic carbocycles. The Kier molecular flexibility index (Phi) is 4.52. The van der Waals surface area contributed by atoms with Gasteiger partial charge in [0.25, 0.3) is 0 Å².